The highest BCUT2D eigenvalue weighted by Crippen LogP contribution is 2.29. The second kappa shape index (κ2) is 3.65. The van der Waals surface area contributed by atoms with Gasteiger partial charge in [0, 0.05) is 10.0 Å². The Morgan fingerprint density at radius 1 is 1.50 bits per heavy atom. The summed E-state index contributed by atoms with van der Waals surface area (Å²) >= 11 is 2.98. The van der Waals surface area contributed by atoms with E-state index < -0.39 is 10.1 Å². The third kappa shape index (κ3) is 2.09. The lowest BCUT2D eigenvalue weighted by Gasteiger charge is -1.99. The first kappa shape index (κ1) is 11.1. The van der Waals surface area contributed by atoms with E-state index in [2.05, 4.69) is 20.9 Å². The number of benzene rings is 1. The molecule has 0 radical (unpaired) electrons. The van der Waals surface area contributed by atoms with Gasteiger partial charge in [0.25, 0.3) is 10.1 Å². The normalized spacial score (nSPS) is 11.0. The van der Waals surface area contributed by atoms with Crippen molar-refractivity contribution in [1.82, 2.24) is 0 Å². The predicted octanol–water partition coefficient (Wildman–Crippen LogP) is 2.49. The Morgan fingerprint density at radius 3 is 2.50 bits per heavy atom. The number of hydrogen-bond acceptors (Lipinski definition) is 3. The van der Waals surface area contributed by atoms with Gasteiger partial charge >= 0.3 is 5.69 Å². The van der Waals surface area contributed by atoms with Crippen LogP contribution < -0.4 is 0 Å². The van der Waals surface area contributed by atoms with Gasteiger partial charge in [0.15, 0.2) is 4.98 Å². The minimum atomic E-state index is -4.30. The first-order chi connectivity index (χ1) is 6.36. The van der Waals surface area contributed by atoms with Gasteiger partial charge in [-0.25, -0.2) is 0 Å². The van der Waals surface area contributed by atoms with Crippen molar-refractivity contribution in [3.8, 4) is 0 Å². The standard InChI is InChI=1S/C7H5BrN2O3S/c1-4-2-5(8)7(14(11,12)13)3-6(4)10-9/h2-3H,1H3/p+1. The molecule has 14 heavy (non-hydrogen) atoms. The fourth-order valence-corrected chi connectivity index (χ4v) is 2.58. The van der Waals surface area contributed by atoms with Gasteiger partial charge in [0.1, 0.15) is 4.90 Å². The Bertz CT molecular complexity index is 518. The molecule has 1 aromatic rings. The largest absolute Gasteiger partial charge is 0.389 e. The van der Waals surface area contributed by atoms with Crippen molar-refractivity contribution in [3.05, 3.63) is 27.1 Å². The SMILES string of the molecule is Cc1cc(Br)c(S(=O)(=O)O)cc1[N+]#N. The molecule has 0 saturated heterocycles. The van der Waals surface area contributed by atoms with E-state index in [-0.39, 0.29) is 15.1 Å². The Morgan fingerprint density at radius 2 is 2.07 bits per heavy atom. The minimum absolute atomic E-state index is 0.0980. The highest BCUT2D eigenvalue weighted by molar-refractivity contribution is 9.10. The summed E-state index contributed by atoms with van der Waals surface area (Å²) in [6, 6.07) is 2.52. The fourth-order valence-electron chi connectivity index (χ4n) is 0.948. The van der Waals surface area contributed by atoms with Gasteiger partial charge in [0.2, 0.25) is 5.39 Å². The van der Waals surface area contributed by atoms with Gasteiger partial charge in [-0.2, -0.15) is 8.42 Å². The lowest BCUT2D eigenvalue weighted by molar-refractivity contribution is 0.482. The van der Waals surface area contributed by atoms with Crippen molar-refractivity contribution in [2.75, 3.05) is 0 Å². The molecule has 0 spiro atoms. The second-order valence-electron chi connectivity index (χ2n) is 2.64. The third-order valence-corrected chi connectivity index (χ3v) is 3.45. The molecule has 0 atom stereocenters. The molecule has 0 aromatic heterocycles. The maximum atomic E-state index is 10.8. The van der Waals surface area contributed by atoms with Crippen LogP contribution in [0.3, 0.4) is 0 Å². The summed E-state index contributed by atoms with van der Waals surface area (Å²) in [7, 11) is -4.30. The number of hydrogen-bond donors (Lipinski definition) is 1. The van der Waals surface area contributed by atoms with E-state index in [9.17, 15) is 8.42 Å². The van der Waals surface area contributed by atoms with Crippen LogP contribution in [-0.2, 0) is 10.1 Å². The zero-order valence-corrected chi connectivity index (χ0v) is 9.50. The zero-order valence-electron chi connectivity index (χ0n) is 7.10. The number of halogens is 1. The summed E-state index contributed by atoms with van der Waals surface area (Å²) in [4.78, 5) is 2.57. The molecule has 0 saturated carbocycles. The highest BCUT2D eigenvalue weighted by Gasteiger charge is 2.21. The van der Waals surface area contributed by atoms with E-state index in [1.54, 1.807) is 6.92 Å². The van der Waals surface area contributed by atoms with E-state index in [0.717, 1.165) is 6.07 Å². The van der Waals surface area contributed by atoms with Crippen LogP contribution in [0.4, 0.5) is 5.69 Å². The molecule has 0 amide bonds. The lowest BCUT2D eigenvalue weighted by atomic mass is 10.2. The van der Waals surface area contributed by atoms with E-state index in [4.69, 9.17) is 9.95 Å². The molecule has 0 heterocycles. The molecule has 0 aliphatic heterocycles. The fraction of sp³-hybridized carbons (Fsp3) is 0.143. The Labute approximate surface area is 89.3 Å². The summed E-state index contributed by atoms with van der Waals surface area (Å²) in [5.41, 5.74) is 0.688. The van der Waals surface area contributed by atoms with E-state index >= 15 is 0 Å². The Hall–Kier alpha value is -0.970. The monoisotopic (exact) mass is 277 g/mol. The van der Waals surface area contributed by atoms with Crippen LogP contribution in [0, 0.1) is 12.3 Å². The molecule has 1 rings (SSSR count). The van der Waals surface area contributed by atoms with Crippen LogP contribution in [0.1, 0.15) is 5.56 Å². The molecule has 0 aliphatic carbocycles. The highest BCUT2D eigenvalue weighted by atomic mass is 79.9. The van der Waals surface area contributed by atoms with Crippen molar-refractivity contribution in [2.45, 2.75) is 11.8 Å². The van der Waals surface area contributed by atoms with Crippen molar-refractivity contribution in [2.24, 2.45) is 0 Å². The van der Waals surface area contributed by atoms with Crippen LogP contribution in [0.15, 0.2) is 21.5 Å². The smallest absolute Gasteiger partial charge is 0.282 e. The molecule has 1 N–H and O–H groups in total. The average Bonchev–Trinajstić information content (AvgIpc) is 2.02. The second-order valence-corrected chi connectivity index (χ2v) is 4.89. The van der Waals surface area contributed by atoms with Crippen molar-refractivity contribution in [1.29, 1.82) is 5.39 Å². The van der Waals surface area contributed by atoms with Crippen LogP contribution in [0.2, 0.25) is 0 Å². The van der Waals surface area contributed by atoms with Crippen molar-refractivity contribution < 1.29 is 13.0 Å². The maximum absolute atomic E-state index is 10.8. The molecule has 7 heteroatoms. The molecule has 0 aliphatic rings. The molecule has 0 bridgehead atoms. The quantitative estimate of drug-likeness (QED) is 0.632. The first-order valence-corrected chi connectivity index (χ1v) is 5.72. The Kier molecular flexibility index (Phi) is 2.89. The molecular weight excluding hydrogens is 272 g/mol. The van der Waals surface area contributed by atoms with Crippen LogP contribution >= 0.6 is 15.9 Å². The average molecular weight is 278 g/mol. The maximum Gasteiger partial charge on any atom is 0.389 e. The molecule has 0 fully saturated rings. The van der Waals surface area contributed by atoms with Crippen molar-refractivity contribution in [3.63, 3.8) is 0 Å². The minimum Gasteiger partial charge on any atom is -0.282 e. The number of aryl methyl sites for hydroxylation is 1. The molecule has 74 valence electrons. The van der Waals surface area contributed by atoms with Gasteiger partial charge < -0.3 is 0 Å². The first-order valence-electron chi connectivity index (χ1n) is 3.49. The summed E-state index contributed by atoms with van der Waals surface area (Å²) < 4.78 is 30.7. The van der Waals surface area contributed by atoms with Crippen LogP contribution in [0.25, 0.3) is 4.98 Å². The lowest BCUT2D eigenvalue weighted by Crippen LogP contribution is -1.99. The predicted molar refractivity (Wildman–Crippen MR) is 53.4 cm³/mol. The van der Waals surface area contributed by atoms with Gasteiger partial charge in [-0.3, -0.25) is 4.55 Å². The van der Waals surface area contributed by atoms with Crippen molar-refractivity contribution >= 4 is 31.7 Å². The third-order valence-electron chi connectivity index (χ3n) is 1.64. The van der Waals surface area contributed by atoms with E-state index in [1.807, 2.05) is 0 Å². The van der Waals surface area contributed by atoms with Gasteiger partial charge in [-0.1, -0.05) is 0 Å². The van der Waals surface area contributed by atoms with Gasteiger partial charge in [-0.15, -0.1) is 0 Å². The zero-order chi connectivity index (χ0) is 10.9. The molecule has 1 aromatic carbocycles. The summed E-state index contributed by atoms with van der Waals surface area (Å²) in [6.07, 6.45) is 0. The number of rotatable bonds is 1. The van der Waals surface area contributed by atoms with Crippen LogP contribution in [-0.4, -0.2) is 13.0 Å². The molecular formula is C7H6BrN2O3S+. The Balaban J connectivity index is 3.58. The van der Waals surface area contributed by atoms with Crippen LogP contribution in [0.5, 0.6) is 0 Å². The number of diazo groups is 1. The summed E-state index contributed by atoms with van der Waals surface area (Å²) in [5, 5.41) is 8.53. The summed E-state index contributed by atoms with van der Waals surface area (Å²) in [6.45, 7) is 1.65. The topological polar surface area (TPSA) is 82.5 Å². The van der Waals surface area contributed by atoms with E-state index in [1.165, 1.54) is 6.07 Å². The number of nitrogens with zero attached hydrogens (tertiary/aromatic N) is 2. The van der Waals surface area contributed by atoms with Gasteiger partial charge in [-0.05, 0) is 28.9 Å². The summed E-state index contributed by atoms with van der Waals surface area (Å²) in [5.74, 6) is 0. The molecule has 5 nitrogen and oxygen atoms in total. The molecule has 0 unspecified atom stereocenters. The van der Waals surface area contributed by atoms with E-state index in [0.29, 0.717) is 5.56 Å². The van der Waals surface area contributed by atoms with Gasteiger partial charge in [0.05, 0.1) is 6.07 Å².